The highest BCUT2D eigenvalue weighted by molar-refractivity contribution is 5.94. The van der Waals surface area contributed by atoms with Gasteiger partial charge < -0.3 is 0 Å². The van der Waals surface area contributed by atoms with Crippen LogP contribution in [-0.2, 0) is 0 Å². The van der Waals surface area contributed by atoms with E-state index >= 15 is 0 Å². The summed E-state index contributed by atoms with van der Waals surface area (Å²) in [7, 11) is 0. The van der Waals surface area contributed by atoms with Crippen molar-refractivity contribution in [3.8, 4) is 0 Å². The number of hydrogen-bond acceptors (Lipinski definition) is 3. The van der Waals surface area contributed by atoms with Crippen LogP contribution in [-0.4, -0.2) is 37.1 Å². The van der Waals surface area contributed by atoms with E-state index in [4.69, 9.17) is 0 Å². The van der Waals surface area contributed by atoms with Crippen LogP contribution >= 0.6 is 0 Å². The zero-order chi connectivity index (χ0) is 12.2. The van der Waals surface area contributed by atoms with Gasteiger partial charge in [-0.1, -0.05) is 20.8 Å². The molecule has 16 heavy (non-hydrogen) atoms. The minimum atomic E-state index is 0.838. The van der Waals surface area contributed by atoms with E-state index in [0.29, 0.717) is 0 Å². The molecule has 0 aromatic carbocycles. The van der Waals surface area contributed by atoms with Gasteiger partial charge >= 0.3 is 0 Å². The summed E-state index contributed by atoms with van der Waals surface area (Å²) in [6.07, 6.45) is 7.23. The van der Waals surface area contributed by atoms with Crippen molar-refractivity contribution in [1.29, 1.82) is 0 Å². The molecule has 0 unspecified atom stereocenters. The fourth-order valence-corrected chi connectivity index (χ4v) is 1.54. The highest BCUT2D eigenvalue weighted by Gasteiger charge is 2.09. The molecule has 0 N–H and O–H groups in total. The molecule has 3 heteroatoms. The number of hydrogen-bond donors (Lipinski definition) is 0. The molecular weight excluding hydrogens is 198 g/mol. The Labute approximate surface area is 100.0 Å². The second kappa shape index (κ2) is 10.6. The molecule has 0 radical (unpaired) electrons. The fourth-order valence-electron chi connectivity index (χ4n) is 1.54. The van der Waals surface area contributed by atoms with Crippen LogP contribution in [0, 0.1) is 0 Å². The number of nitrogens with zero attached hydrogens (tertiary/aromatic N) is 3. The van der Waals surface area contributed by atoms with Crippen molar-refractivity contribution in [1.82, 2.24) is 4.90 Å². The molecule has 0 aliphatic carbocycles. The van der Waals surface area contributed by atoms with Crippen molar-refractivity contribution in [2.75, 3.05) is 19.8 Å². The van der Waals surface area contributed by atoms with E-state index < -0.39 is 0 Å². The van der Waals surface area contributed by atoms with E-state index in [9.17, 15) is 0 Å². The van der Waals surface area contributed by atoms with Crippen molar-refractivity contribution >= 4 is 12.4 Å². The van der Waals surface area contributed by atoms with Crippen molar-refractivity contribution in [2.45, 2.75) is 40.0 Å². The Morgan fingerprint density at radius 2 is 1.94 bits per heavy atom. The van der Waals surface area contributed by atoms with Gasteiger partial charge in [0.25, 0.3) is 0 Å². The van der Waals surface area contributed by atoms with Gasteiger partial charge in [0, 0.05) is 11.9 Å². The highest BCUT2D eigenvalue weighted by Crippen LogP contribution is 2.06. The normalized spacial score (nSPS) is 17.3. The summed E-state index contributed by atoms with van der Waals surface area (Å²) in [4.78, 5) is 10.6. The van der Waals surface area contributed by atoms with Crippen LogP contribution in [0.15, 0.2) is 22.3 Å². The van der Waals surface area contributed by atoms with Crippen LogP contribution in [0.3, 0.4) is 0 Å². The van der Waals surface area contributed by atoms with Crippen LogP contribution in [0.5, 0.6) is 0 Å². The average Bonchev–Trinajstić information content (AvgIpc) is 2.85. The van der Waals surface area contributed by atoms with Crippen LogP contribution in [0.1, 0.15) is 40.0 Å². The Balaban J connectivity index is 0.00000106. The lowest BCUT2D eigenvalue weighted by Crippen LogP contribution is -2.19. The van der Waals surface area contributed by atoms with E-state index in [1.165, 1.54) is 25.9 Å². The Bertz CT molecular complexity index is 225. The Kier molecular flexibility index (Phi) is 9.92. The maximum absolute atomic E-state index is 4.53. The smallest absolute Gasteiger partial charge is 0.0912 e. The lowest BCUT2D eigenvalue weighted by Gasteiger charge is -2.11. The Morgan fingerprint density at radius 3 is 2.44 bits per heavy atom. The summed E-state index contributed by atoms with van der Waals surface area (Å²) in [6, 6.07) is 0. The van der Waals surface area contributed by atoms with Gasteiger partial charge in [0.1, 0.15) is 0 Å². The molecule has 0 aromatic heterocycles. The lowest BCUT2D eigenvalue weighted by atomic mass is 10.3. The third-order valence-corrected chi connectivity index (χ3v) is 2.41. The molecule has 92 valence electrons. The van der Waals surface area contributed by atoms with Crippen molar-refractivity contribution in [3.05, 3.63) is 12.3 Å². The van der Waals surface area contributed by atoms with Crippen molar-refractivity contribution < 1.29 is 0 Å². The number of aliphatic imine (C=N–C) groups is 2. The molecule has 1 rings (SSSR count). The Morgan fingerprint density at radius 1 is 1.31 bits per heavy atom. The van der Waals surface area contributed by atoms with Gasteiger partial charge in [-0.15, -0.1) is 0 Å². The quantitative estimate of drug-likeness (QED) is 0.658. The zero-order valence-electron chi connectivity index (χ0n) is 10.9. The van der Waals surface area contributed by atoms with Crippen molar-refractivity contribution in [3.63, 3.8) is 0 Å². The van der Waals surface area contributed by atoms with Gasteiger partial charge in [0.2, 0.25) is 0 Å². The van der Waals surface area contributed by atoms with Crippen molar-refractivity contribution in [2.24, 2.45) is 9.98 Å². The second-order valence-electron chi connectivity index (χ2n) is 3.47. The largest absolute Gasteiger partial charge is 0.284 e. The summed E-state index contributed by atoms with van der Waals surface area (Å²) in [5.41, 5.74) is 1.10. The van der Waals surface area contributed by atoms with E-state index in [1.54, 1.807) is 6.20 Å². The van der Waals surface area contributed by atoms with E-state index in [1.807, 2.05) is 19.9 Å². The van der Waals surface area contributed by atoms with Gasteiger partial charge in [-0.25, -0.2) is 0 Å². The van der Waals surface area contributed by atoms with Crippen LogP contribution in [0.4, 0.5) is 0 Å². The number of allylic oxidation sites excluding steroid dienone is 1. The minimum Gasteiger partial charge on any atom is -0.284 e. The molecule has 0 bridgehead atoms. The van der Waals surface area contributed by atoms with Gasteiger partial charge in [-0.2, -0.15) is 0 Å². The predicted molar refractivity (Wildman–Crippen MR) is 73.4 cm³/mol. The molecule has 3 nitrogen and oxygen atoms in total. The van der Waals surface area contributed by atoms with Crippen LogP contribution < -0.4 is 0 Å². The summed E-state index contributed by atoms with van der Waals surface area (Å²) in [5, 5.41) is 0. The van der Waals surface area contributed by atoms with Gasteiger partial charge in [-0.05, 0) is 45.1 Å². The molecule has 1 heterocycles. The summed E-state index contributed by atoms with van der Waals surface area (Å²) in [6.45, 7) is 12.7. The van der Waals surface area contributed by atoms with Gasteiger partial charge in [0.05, 0.1) is 6.67 Å². The molecule has 0 atom stereocenters. The fraction of sp³-hybridized carbons (Fsp3) is 0.692. The number of likely N-dealkylation sites (tertiary alicyclic amines) is 1. The first kappa shape index (κ1) is 15.0. The first-order valence-corrected chi connectivity index (χ1v) is 6.25. The molecule has 1 aliphatic heterocycles. The van der Waals surface area contributed by atoms with Gasteiger partial charge in [-0.3, -0.25) is 14.9 Å². The Hall–Kier alpha value is -0.960. The number of rotatable bonds is 5. The highest BCUT2D eigenvalue weighted by atomic mass is 15.2. The van der Waals surface area contributed by atoms with Crippen LogP contribution in [0.2, 0.25) is 0 Å². The van der Waals surface area contributed by atoms with Crippen LogP contribution in [0.25, 0.3) is 0 Å². The topological polar surface area (TPSA) is 28.0 Å². The van der Waals surface area contributed by atoms with E-state index in [-0.39, 0.29) is 0 Å². The lowest BCUT2D eigenvalue weighted by molar-refractivity contribution is 0.351. The summed E-state index contributed by atoms with van der Waals surface area (Å²) < 4.78 is 0. The standard InChI is InChI=1S/C11H19N3.C2H6/c1-3-11(6-7-12-2)13-10-14-8-4-5-9-14;1-2/h6-7H,2-5,8-10H2,1H3;1-2H3/b7-6-,13-11-;. The van der Waals surface area contributed by atoms with E-state index in [0.717, 1.165) is 18.8 Å². The first-order valence-electron chi connectivity index (χ1n) is 6.25. The second-order valence-corrected chi connectivity index (χ2v) is 3.47. The first-order chi connectivity index (χ1) is 7.86. The summed E-state index contributed by atoms with van der Waals surface area (Å²) >= 11 is 0. The SMILES string of the molecule is C=N/C=C\C(CC)=N/CN1CCCC1.CC. The maximum Gasteiger partial charge on any atom is 0.0912 e. The molecule has 0 aromatic rings. The molecule has 0 saturated carbocycles. The third-order valence-electron chi connectivity index (χ3n) is 2.41. The van der Waals surface area contributed by atoms with Gasteiger partial charge in [0.15, 0.2) is 0 Å². The minimum absolute atomic E-state index is 0.838. The zero-order valence-corrected chi connectivity index (χ0v) is 10.9. The molecule has 1 fully saturated rings. The average molecular weight is 223 g/mol. The summed E-state index contributed by atoms with van der Waals surface area (Å²) in [5.74, 6) is 0. The molecule has 0 spiro atoms. The predicted octanol–water partition coefficient (Wildman–Crippen LogP) is 3.13. The van der Waals surface area contributed by atoms with E-state index in [2.05, 4.69) is 28.5 Å². The molecular formula is C13H25N3. The maximum atomic E-state index is 4.53. The third kappa shape index (κ3) is 6.51. The molecule has 0 amide bonds. The molecule has 1 aliphatic rings. The molecule has 1 saturated heterocycles. The monoisotopic (exact) mass is 223 g/mol.